The van der Waals surface area contributed by atoms with Crippen molar-refractivity contribution in [1.82, 2.24) is 24.8 Å². The molecule has 0 atom stereocenters. The van der Waals surface area contributed by atoms with Crippen LogP contribution in [0.5, 0.6) is 0 Å². The molecule has 0 aliphatic heterocycles. The number of benzene rings is 2. The van der Waals surface area contributed by atoms with Crippen molar-refractivity contribution in [1.29, 1.82) is 0 Å². The van der Waals surface area contributed by atoms with Gasteiger partial charge in [-0.3, -0.25) is 4.79 Å². The minimum absolute atomic E-state index is 0.0211. The maximum Gasteiger partial charge on any atom is 0.406 e. The first-order valence-corrected chi connectivity index (χ1v) is 10.5. The fraction of sp³-hybridized carbons (Fsp3) is 0.261. The average molecular weight is 476 g/mol. The maximum atomic E-state index is 13.3. The van der Waals surface area contributed by atoms with Gasteiger partial charge in [-0.2, -0.15) is 13.2 Å². The molecule has 0 saturated carbocycles. The lowest BCUT2D eigenvalue weighted by Gasteiger charge is -2.12. The molecule has 1 N–H and O–H groups in total. The summed E-state index contributed by atoms with van der Waals surface area (Å²) in [7, 11) is 3.81. The van der Waals surface area contributed by atoms with Gasteiger partial charge in [0, 0.05) is 17.5 Å². The van der Waals surface area contributed by atoms with Crippen molar-refractivity contribution in [2.24, 2.45) is 0 Å². The van der Waals surface area contributed by atoms with E-state index in [0.717, 1.165) is 10.1 Å². The Morgan fingerprint density at radius 2 is 1.85 bits per heavy atom. The van der Waals surface area contributed by atoms with Gasteiger partial charge in [0.1, 0.15) is 23.4 Å². The molecule has 4 rings (SSSR count). The van der Waals surface area contributed by atoms with E-state index >= 15 is 0 Å². The Morgan fingerprint density at radius 3 is 2.52 bits per heavy atom. The molecule has 0 saturated heterocycles. The monoisotopic (exact) mass is 475 g/mol. The Kier molecular flexibility index (Phi) is 6.27. The van der Waals surface area contributed by atoms with Crippen LogP contribution in [0, 0.1) is 0 Å². The zero-order chi connectivity index (χ0) is 23.8. The van der Waals surface area contributed by atoms with E-state index in [0.29, 0.717) is 28.5 Å². The highest BCUT2D eigenvalue weighted by atomic mass is 35.5. The number of halogens is 4. The molecule has 0 radical (unpaired) electrons. The van der Waals surface area contributed by atoms with E-state index in [2.05, 4.69) is 15.3 Å². The van der Waals surface area contributed by atoms with Gasteiger partial charge in [0.15, 0.2) is 5.15 Å². The Hall–Kier alpha value is -3.17. The van der Waals surface area contributed by atoms with Crippen LogP contribution in [0.1, 0.15) is 21.7 Å². The van der Waals surface area contributed by atoms with E-state index in [1.165, 1.54) is 0 Å². The first kappa shape index (κ1) is 23.0. The van der Waals surface area contributed by atoms with Crippen LogP contribution in [0.25, 0.3) is 21.9 Å². The molecule has 0 spiro atoms. The predicted molar refractivity (Wildman–Crippen MR) is 121 cm³/mol. The molecular formula is C23H21ClF3N5O. The summed E-state index contributed by atoms with van der Waals surface area (Å²) in [5.41, 5.74) is 2.20. The Bertz CT molecular complexity index is 1320. The zero-order valence-corrected chi connectivity index (χ0v) is 18.7. The first-order valence-electron chi connectivity index (χ1n) is 10.1. The maximum absolute atomic E-state index is 13.3. The molecule has 0 bridgehead atoms. The minimum Gasteiger partial charge on any atom is -0.345 e. The fourth-order valence-corrected chi connectivity index (χ4v) is 4.05. The number of aromatic nitrogens is 3. The molecule has 0 fully saturated rings. The van der Waals surface area contributed by atoms with Crippen LogP contribution in [0.15, 0.2) is 48.5 Å². The number of amides is 1. The number of fused-ring (bicyclic) bond motifs is 3. The molecule has 1 amide bonds. The lowest BCUT2D eigenvalue weighted by atomic mass is 10.1. The smallest absolute Gasteiger partial charge is 0.345 e. The van der Waals surface area contributed by atoms with Gasteiger partial charge in [-0.05, 0) is 43.9 Å². The number of nitrogens with one attached hydrogen (secondary N) is 1. The van der Waals surface area contributed by atoms with Crippen molar-refractivity contribution < 1.29 is 18.0 Å². The molecule has 2 heterocycles. The number of alkyl halides is 3. The Morgan fingerprint density at radius 1 is 1.12 bits per heavy atom. The van der Waals surface area contributed by atoms with Crippen LogP contribution in [-0.4, -0.2) is 45.6 Å². The number of carbonyl (C=O) groups excluding carboxylic acids is 1. The molecule has 0 aliphatic carbocycles. The second kappa shape index (κ2) is 8.99. The Balaban J connectivity index is 1.78. The molecular weight excluding hydrogens is 455 g/mol. The lowest BCUT2D eigenvalue weighted by Crippen LogP contribution is -2.24. The summed E-state index contributed by atoms with van der Waals surface area (Å²) >= 11 is 6.36. The van der Waals surface area contributed by atoms with Gasteiger partial charge in [0.05, 0.1) is 12.1 Å². The lowest BCUT2D eigenvalue weighted by molar-refractivity contribution is -0.139. The SMILES string of the molecule is CN(C)Cc1ccc2c(c1)c1nc(CNC(=O)c3ccccc3)nc(Cl)c1n2CC(F)(F)F. The average Bonchev–Trinajstić information content (AvgIpc) is 3.04. The van der Waals surface area contributed by atoms with Gasteiger partial charge < -0.3 is 14.8 Å². The van der Waals surface area contributed by atoms with Crippen LogP contribution in [-0.2, 0) is 19.6 Å². The number of rotatable bonds is 6. The van der Waals surface area contributed by atoms with Gasteiger partial charge in [0.2, 0.25) is 0 Å². The third-order valence-corrected chi connectivity index (χ3v) is 5.31. The third-order valence-electron chi connectivity index (χ3n) is 5.04. The topological polar surface area (TPSA) is 63.1 Å². The van der Waals surface area contributed by atoms with Crippen LogP contribution < -0.4 is 5.32 Å². The van der Waals surface area contributed by atoms with Crippen molar-refractivity contribution in [3.8, 4) is 0 Å². The van der Waals surface area contributed by atoms with E-state index in [9.17, 15) is 18.0 Å². The second-order valence-electron chi connectivity index (χ2n) is 7.97. The predicted octanol–water partition coefficient (Wildman–Crippen LogP) is 4.79. The number of hydrogen-bond donors (Lipinski definition) is 1. The van der Waals surface area contributed by atoms with Gasteiger partial charge in [-0.1, -0.05) is 35.9 Å². The van der Waals surface area contributed by atoms with Crippen molar-refractivity contribution >= 4 is 39.4 Å². The van der Waals surface area contributed by atoms with Gasteiger partial charge in [-0.15, -0.1) is 0 Å². The second-order valence-corrected chi connectivity index (χ2v) is 8.33. The molecule has 0 unspecified atom stereocenters. The van der Waals surface area contributed by atoms with Crippen molar-refractivity contribution in [2.75, 3.05) is 14.1 Å². The molecule has 172 valence electrons. The molecule has 0 aliphatic rings. The number of nitrogens with zero attached hydrogens (tertiary/aromatic N) is 4. The van der Waals surface area contributed by atoms with Crippen molar-refractivity contribution in [3.63, 3.8) is 0 Å². The van der Waals surface area contributed by atoms with E-state index in [1.807, 2.05) is 25.1 Å². The molecule has 2 aromatic heterocycles. The van der Waals surface area contributed by atoms with Crippen LogP contribution in [0.2, 0.25) is 5.15 Å². The van der Waals surface area contributed by atoms with Gasteiger partial charge in [-0.25, -0.2) is 9.97 Å². The zero-order valence-electron chi connectivity index (χ0n) is 17.9. The largest absolute Gasteiger partial charge is 0.406 e. The minimum atomic E-state index is -4.45. The molecule has 2 aromatic carbocycles. The molecule has 10 heteroatoms. The molecule has 33 heavy (non-hydrogen) atoms. The Labute approximate surface area is 193 Å². The number of carbonyl (C=O) groups is 1. The van der Waals surface area contributed by atoms with E-state index in [-0.39, 0.29) is 28.9 Å². The quantitative estimate of drug-likeness (QED) is 0.407. The van der Waals surface area contributed by atoms with Gasteiger partial charge in [0.25, 0.3) is 5.91 Å². The summed E-state index contributed by atoms with van der Waals surface area (Å²) in [5, 5.41) is 3.17. The summed E-state index contributed by atoms with van der Waals surface area (Å²) < 4.78 is 41.1. The standard InChI is InChI=1S/C23H21ClF3N5O/c1-31(2)12-14-8-9-17-16(10-14)19-20(32(17)13-23(25,26)27)21(24)30-18(29-19)11-28-22(33)15-6-4-3-5-7-15/h3-10H,11-13H2,1-2H3,(H,28,33). The van der Waals surface area contributed by atoms with Gasteiger partial charge >= 0.3 is 6.18 Å². The van der Waals surface area contributed by atoms with Crippen LogP contribution in [0.3, 0.4) is 0 Å². The highest BCUT2D eigenvalue weighted by Gasteiger charge is 2.31. The summed E-state index contributed by atoms with van der Waals surface area (Å²) in [5.74, 6) is -0.107. The van der Waals surface area contributed by atoms with E-state index in [1.54, 1.807) is 42.5 Å². The van der Waals surface area contributed by atoms with Crippen molar-refractivity contribution in [2.45, 2.75) is 25.8 Å². The molecule has 4 aromatic rings. The van der Waals surface area contributed by atoms with E-state index < -0.39 is 12.7 Å². The van der Waals surface area contributed by atoms with E-state index in [4.69, 9.17) is 11.6 Å². The summed E-state index contributed by atoms with van der Waals surface area (Å²) in [6, 6.07) is 13.9. The van der Waals surface area contributed by atoms with Crippen LogP contribution >= 0.6 is 11.6 Å². The van der Waals surface area contributed by atoms with Crippen LogP contribution in [0.4, 0.5) is 13.2 Å². The highest BCUT2D eigenvalue weighted by molar-refractivity contribution is 6.34. The fourth-order valence-electron chi connectivity index (χ4n) is 3.76. The summed E-state index contributed by atoms with van der Waals surface area (Å²) in [6.07, 6.45) is -4.45. The third kappa shape index (κ3) is 5.09. The summed E-state index contributed by atoms with van der Waals surface area (Å²) in [4.78, 5) is 23.0. The normalized spacial score (nSPS) is 12.1. The summed E-state index contributed by atoms with van der Waals surface area (Å²) in [6.45, 7) is -0.624. The highest BCUT2D eigenvalue weighted by Crippen LogP contribution is 2.34. The first-order chi connectivity index (χ1) is 15.6. The van der Waals surface area contributed by atoms with Crippen molar-refractivity contribution in [3.05, 3.63) is 70.6 Å². The molecule has 6 nitrogen and oxygen atoms in total. The number of hydrogen-bond acceptors (Lipinski definition) is 4.